The number of carbonyl (C=O) groups excluding carboxylic acids is 2. The van der Waals surface area contributed by atoms with E-state index in [4.69, 9.17) is 4.74 Å². The SMILES string of the molecule is COc1ccc(-c2nc(C(=O)NC3CCN(C(=O)NC4CCCCC4)CC3)cs2)cc1. The fourth-order valence-corrected chi connectivity index (χ4v) is 5.05. The zero-order valence-corrected chi connectivity index (χ0v) is 18.7. The number of carbonyl (C=O) groups is 2. The molecule has 1 aliphatic heterocycles. The largest absolute Gasteiger partial charge is 0.497 e. The number of aromatic nitrogens is 1. The Hall–Kier alpha value is -2.61. The van der Waals surface area contributed by atoms with Crippen LogP contribution in [0.25, 0.3) is 10.6 Å². The average Bonchev–Trinajstić information content (AvgIpc) is 3.31. The molecule has 7 nitrogen and oxygen atoms in total. The number of benzene rings is 1. The number of ether oxygens (including phenoxy) is 1. The van der Waals surface area contributed by atoms with Gasteiger partial charge in [0, 0.05) is 36.1 Å². The highest BCUT2D eigenvalue weighted by Gasteiger charge is 2.26. The zero-order chi connectivity index (χ0) is 21.6. The van der Waals surface area contributed by atoms with Crippen molar-refractivity contribution in [3.05, 3.63) is 35.3 Å². The molecule has 1 aliphatic carbocycles. The van der Waals surface area contributed by atoms with E-state index >= 15 is 0 Å². The van der Waals surface area contributed by atoms with Crippen molar-refractivity contribution in [1.82, 2.24) is 20.5 Å². The van der Waals surface area contributed by atoms with Gasteiger partial charge in [-0.3, -0.25) is 4.79 Å². The molecule has 0 radical (unpaired) electrons. The molecule has 2 heterocycles. The van der Waals surface area contributed by atoms with Crippen molar-refractivity contribution < 1.29 is 14.3 Å². The molecular formula is C23H30N4O3S. The lowest BCUT2D eigenvalue weighted by Gasteiger charge is -2.34. The number of amides is 3. The zero-order valence-electron chi connectivity index (χ0n) is 17.9. The number of likely N-dealkylation sites (tertiary alicyclic amines) is 1. The van der Waals surface area contributed by atoms with Crippen molar-refractivity contribution in [1.29, 1.82) is 0 Å². The first-order valence-electron chi connectivity index (χ1n) is 11.1. The first-order chi connectivity index (χ1) is 15.1. The highest BCUT2D eigenvalue weighted by Crippen LogP contribution is 2.26. The Morgan fingerprint density at radius 2 is 1.68 bits per heavy atom. The molecule has 2 aromatic rings. The average molecular weight is 443 g/mol. The number of nitrogens with one attached hydrogen (secondary N) is 2. The van der Waals surface area contributed by atoms with Crippen molar-refractivity contribution in [3.63, 3.8) is 0 Å². The van der Waals surface area contributed by atoms with Crippen LogP contribution in [0.15, 0.2) is 29.6 Å². The summed E-state index contributed by atoms with van der Waals surface area (Å²) in [5.41, 5.74) is 1.40. The Morgan fingerprint density at radius 3 is 2.35 bits per heavy atom. The number of thiazole rings is 1. The summed E-state index contributed by atoms with van der Waals surface area (Å²) in [4.78, 5) is 31.5. The van der Waals surface area contributed by atoms with Crippen LogP contribution in [0, 0.1) is 0 Å². The summed E-state index contributed by atoms with van der Waals surface area (Å²) in [6.07, 6.45) is 7.39. The molecule has 0 atom stereocenters. The molecule has 4 rings (SSSR count). The number of methoxy groups -OCH3 is 1. The van der Waals surface area contributed by atoms with Crippen molar-refractivity contribution in [3.8, 4) is 16.3 Å². The normalized spacial score (nSPS) is 17.9. The predicted molar refractivity (Wildman–Crippen MR) is 122 cm³/mol. The predicted octanol–water partition coefficient (Wildman–Crippen LogP) is 4.06. The quantitative estimate of drug-likeness (QED) is 0.732. The minimum Gasteiger partial charge on any atom is -0.497 e. The highest BCUT2D eigenvalue weighted by atomic mass is 32.1. The third-order valence-corrected chi connectivity index (χ3v) is 7.02. The summed E-state index contributed by atoms with van der Waals surface area (Å²) in [5, 5.41) is 8.87. The fourth-order valence-electron chi connectivity index (χ4n) is 4.24. The molecule has 1 aromatic carbocycles. The lowest BCUT2D eigenvalue weighted by Crippen LogP contribution is -2.51. The van der Waals surface area contributed by atoms with Crippen LogP contribution in [0.4, 0.5) is 4.79 Å². The van der Waals surface area contributed by atoms with Crippen molar-refractivity contribution in [2.45, 2.75) is 57.0 Å². The first kappa shape index (κ1) is 21.6. The maximum absolute atomic E-state index is 12.7. The molecule has 0 unspecified atom stereocenters. The summed E-state index contributed by atoms with van der Waals surface area (Å²) < 4.78 is 5.18. The maximum Gasteiger partial charge on any atom is 0.317 e. The highest BCUT2D eigenvalue weighted by molar-refractivity contribution is 7.13. The van der Waals surface area contributed by atoms with Gasteiger partial charge in [-0.1, -0.05) is 19.3 Å². The second kappa shape index (κ2) is 10.1. The van der Waals surface area contributed by atoms with E-state index in [1.165, 1.54) is 30.6 Å². The van der Waals surface area contributed by atoms with Crippen molar-refractivity contribution in [2.75, 3.05) is 20.2 Å². The minimum atomic E-state index is -0.152. The van der Waals surface area contributed by atoms with Gasteiger partial charge in [-0.25, -0.2) is 9.78 Å². The molecule has 8 heteroatoms. The number of nitrogens with zero attached hydrogens (tertiary/aromatic N) is 2. The number of rotatable bonds is 5. The fraction of sp³-hybridized carbons (Fsp3) is 0.522. The second-order valence-electron chi connectivity index (χ2n) is 8.29. The molecule has 3 amide bonds. The van der Waals surface area contributed by atoms with Gasteiger partial charge in [-0.15, -0.1) is 11.3 Å². The number of piperidine rings is 1. The van der Waals surface area contributed by atoms with Crippen LogP contribution >= 0.6 is 11.3 Å². The van der Waals surface area contributed by atoms with Gasteiger partial charge >= 0.3 is 6.03 Å². The molecule has 1 saturated heterocycles. The van der Waals surface area contributed by atoms with Crippen LogP contribution in [0.3, 0.4) is 0 Å². The van der Waals surface area contributed by atoms with Crippen LogP contribution in [0.5, 0.6) is 5.75 Å². The van der Waals surface area contributed by atoms with E-state index in [2.05, 4.69) is 15.6 Å². The van der Waals surface area contributed by atoms with Crippen LogP contribution in [0.1, 0.15) is 55.4 Å². The Morgan fingerprint density at radius 1 is 1.00 bits per heavy atom. The number of hydrogen-bond donors (Lipinski definition) is 2. The summed E-state index contributed by atoms with van der Waals surface area (Å²) >= 11 is 1.45. The summed E-state index contributed by atoms with van der Waals surface area (Å²) in [6.45, 7) is 1.33. The summed E-state index contributed by atoms with van der Waals surface area (Å²) in [7, 11) is 1.63. The van der Waals surface area contributed by atoms with Crippen molar-refractivity contribution >= 4 is 23.3 Å². The number of urea groups is 1. The molecule has 0 bridgehead atoms. The van der Waals surface area contributed by atoms with Gasteiger partial charge < -0.3 is 20.3 Å². The van der Waals surface area contributed by atoms with E-state index in [9.17, 15) is 9.59 Å². The molecule has 166 valence electrons. The van der Waals surface area contributed by atoms with E-state index in [1.54, 1.807) is 12.5 Å². The molecule has 1 aromatic heterocycles. The van der Waals surface area contributed by atoms with Gasteiger partial charge in [0.15, 0.2) is 0 Å². The lowest BCUT2D eigenvalue weighted by molar-refractivity contribution is 0.0913. The molecule has 2 fully saturated rings. The lowest BCUT2D eigenvalue weighted by atomic mass is 9.95. The van der Waals surface area contributed by atoms with Crippen molar-refractivity contribution in [2.24, 2.45) is 0 Å². The molecule has 2 aliphatic rings. The Kier molecular flexibility index (Phi) is 7.06. The van der Waals surface area contributed by atoms with Crippen LogP contribution in [-0.2, 0) is 0 Å². The maximum atomic E-state index is 12.7. The van der Waals surface area contributed by atoms with Gasteiger partial charge in [0.25, 0.3) is 5.91 Å². The number of hydrogen-bond acceptors (Lipinski definition) is 5. The third-order valence-electron chi connectivity index (χ3n) is 6.12. The third kappa shape index (κ3) is 5.55. The smallest absolute Gasteiger partial charge is 0.317 e. The van der Waals surface area contributed by atoms with E-state index in [0.717, 1.165) is 42.0 Å². The summed E-state index contributed by atoms with van der Waals surface area (Å²) in [5.74, 6) is 0.637. The molecule has 31 heavy (non-hydrogen) atoms. The van der Waals surface area contributed by atoms with Crippen LogP contribution < -0.4 is 15.4 Å². The van der Waals surface area contributed by atoms with E-state index < -0.39 is 0 Å². The van der Waals surface area contributed by atoms with Gasteiger partial charge in [-0.2, -0.15) is 0 Å². The standard InChI is InChI=1S/C23H30N4O3S/c1-30-19-9-7-16(8-10-19)22-26-20(15-31-22)21(28)24-18-11-13-27(14-12-18)23(29)25-17-5-3-2-4-6-17/h7-10,15,17-18H,2-6,11-14H2,1H3,(H,24,28)(H,25,29). The van der Waals surface area contributed by atoms with Gasteiger partial charge in [0.05, 0.1) is 7.11 Å². The molecular weight excluding hydrogens is 412 g/mol. The summed E-state index contributed by atoms with van der Waals surface area (Å²) in [6, 6.07) is 8.07. The molecule has 2 N–H and O–H groups in total. The van der Waals surface area contributed by atoms with Crippen LogP contribution in [-0.4, -0.2) is 54.1 Å². The second-order valence-corrected chi connectivity index (χ2v) is 9.14. The topological polar surface area (TPSA) is 83.6 Å². The van der Waals surface area contributed by atoms with Gasteiger partial charge in [0.1, 0.15) is 16.5 Å². The van der Waals surface area contributed by atoms with Gasteiger partial charge in [-0.05, 0) is 49.9 Å². The Labute approximate surface area is 187 Å². The van der Waals surface area contributed by atoms with Gasteiger partial charge in [0.2, 0.25) is 0 Å². The Balaban J connectivity index is 1.25. The minimum absolute atomic E-state index is 0.0420. The molecule has 0 spiro atoms. The van der Waals surface area contributed by atoms with E-state index in [0.29, 0.717) is 24.8 Å². The molecule has 1 saturated carbocycles. The van der Waals surface area contributed by atoms with E-state index in [1.807, 2.05) is 29.2 Å². The monoisotopic (exact) mass is 442 g/mol. The van der Waals surface area contributed by atoms with E-state index in [-0.39, 0.29) is 18.0 Å². The first-order valence-corrected chi connectivity index (χ1v) is 12.0. The van der Waals surface area contributed by atoms with Crippen LogP contribution in [0.2, 0.25) is 0 Å². The Bertz CT molecular complexity index is 884.